The maximum absolute atomic E-state index is 6.29. The molecule has 1 heterocycles. The first-order valence-corrected chi connectivity index (χ1v) is 9.13. The molecule has 1 aromatic rings. The fraction of sp³-hybridized carbons (Fsp3) is 0.765. The Morgan fingerprint density at radius 2 is 1.76 bits per heavy atom. The first-order valence-electron chi connectivity index (χ1n) is 8.31. The van der Waals surface area contributed by atoms with Crippen molar-refractivity contribution in [2.75, 3.05) is 32.7 Å². The topological polar surface area (TPSA) is 32.5 Å². The van der Waals surface area contributed by atoms with E-state index >= 15 is 0 Å². The van der Waals surface area contributed by atoms with Gasteiger partial charge in [0.05, 0.1) is 6.04 Å². The molecule has 3 nitrogen and oxygen atoms in total. The smallest absolute Gasteiger partial charge is 0.0590 e. The van der Waals surface area contributed by atoms with Crippen LogP contribution in [0.1, 0.15) is 49.9 Å². The van der Waals surface area contributed by atoms with Gasteiger partial charge in [0, 0.05) is 22.3 Å². The SMILES string of the molecule is CCN(CC)CCCN(CC)C(c1ccc(C)s1)C(C)N. The van der Waals surface area contributed by atoms with E-state index in [0.717, 1.165) is 26.2 Å². The van der Waals surface area contributed by atoms with Crippen molar-refractivity contribution in [2.24, 2.45) is 5.73 Å². The standard InChI is InChI=1S/C17H33N3S/c1-6-19(7-2)12-9-13-20(8-3)17(15(5)18)16-11-10-14(4)21-16/h10-11,15,17H,6-9,12-13,18H2,1-5H3. The lowest BCUT2D eigenvalue weighted by Gasteiger charge is -2.33. The third-order valence-electron chi connectivity index (χ3n) is 4.16. The third kappa shape index (κ3) is 5.70. The van der Waals surface area contributed by atoms with Gasteiger partial charge in [-0.15, -0.1) is 11.3 Å². The van der Waals surface area contributed by atoms with Crippen molar-refractivity contribution in [1.82, 2.24) is 9.80 Å². The molecule has 0 fully saturated rings. The number of hydrogen-bond acceptors (Lipinski definition) is 4. The molecule has 0 aromatic carbocycles. The molecule has 0 bridgehead atoms. The highest BCUT2D eigenvalue weighted by atomic mass is 32.1. The van der Waals surface area contributed by atoms with Gasteiger partial charge in [0.15, 0.2) is 0 Å². The number of thiophene rings is 1. The minimum Gasteiger partial charge on any atom is -0.326 e. The average molecular weight is 312 g/mol. The van der Waals surface area contributed by atoms with Crippen LogP contribution in [0, 0.1) is 6.92 Å². The van der Waals surface area contributed by atoms with Crippen molar-refractivity contribution in [1.29, 1.82) is 0 Å². The second-order valence-electron chi connectivity index (χ2n) is 5.76. The van der Waals surface area contributed by atoms with Gasteiger partial charge in [-0.2, -0.15) is 0 Å². The van der Waals surface area contributed by atoms with Gasteiger partial charge in [-0.05, 0) is 58.6 Å². The summed E-state index contributed by atoms with van der Waals surface area (Å²) in [4.78, 5) is 7.81. The predicted octanol–water partition coefficient (Wildman–Crippen LogP) is 3.50. The fourth-order valence-corrected chi connectivity index (χ4v) is 4.04. The van der Waals surface area contributed by atoms with Crippen LogP contribution < -0.4 is 5.73 Å². The molecule has 0 aliphatic heterocycles. The summed E-state index contributed by atoms with van der Waals surface area (Å²) in [5, 5.41) is 0. The monoisotopic (exact) mass is 311 g/mol. The van der Waals surface area contributed by atoms with Crippen molar-refractivity contribution in [2.45, 2.75) is 53.1 Å². The second kappa shape index (κ2) is 9.57. The fourth-order valence-electron chi connectivity index (χ4n) is 2.92. The number of likely N-dealkylation sites (N-methyl/N-ethyl adjacent to an activating group) is 1. The van der Waals surface area contributed by atoms with Gasteiger partial charge < -0.3 is 10.6 Å². The van der Waals surface area contributed by atoms with Crippen molar-refractivity contribution in [3.05, 3.63) is 21.9 Å². The van der Waals surface area contributed by atoms with Gasteiger partial charge in [-0.25, -0.2) is 0 Å². The van der Waals surface area contributed by atoms with Gasteiger partial charge in [-0.1, -0.05) is 20.8 Å². The Balaban J connectivity index is 2.66. The van der Waals surface area contributed by atoms with Crippen molar-refractivity contribution < 1.29 is 0 Å². The van der Waals surface area contributed by atoms with Gasteiger partial charge >= 0.3 is 0 Å². The Labute approximate surface area is 135 Å². The zero-order chi connectivity index (χ0) is 15.8. The zero-order valence-electron chi connectivity index (χ0n) is 14.4. The van der Waals surface area contributed by atoms with E-state index in [1.807, 2.05) is 11.3 Å². The van der Waals surface area contributed by atoms with Crippen molar-refractivity contribution in [3.8, 4) is 0 Å². The Hall–Kier alpha value is -0.420. The highest BCUT2D eigenvalue weighted by Gasteiger charge is 2.24. The lowest BCUT2D eigenvalue weighted by molar-refractivity contribution is 0.174. The molecule has 0 saturated carbocycles. The van der Waals surface area contributed by atoms with Crippen LogP contribution in [0.3, 0.4) is 0 Å². The normalized spacial score (nSPS) is 14.9. The number of rotatable bonds is 10. The lowest BCUT2D eigenvalue weighted by Crippen LogP contribution is -2.40. The first-order chi connectivity index (χ1) is 10.0. The van der Waals surface area contributed by atoms with E-state index in [4.69, 9.17) is 5.73 Å². The van der Waals surface area contributed by atoms with Crippen LogP contribution in [0.4, 0.5) is 0 Å². The van der Waals surface area contributed by atoms with Crippen molar-refractivity contribution >= 4 is 11.3 Å². The molecular formula is C17H33N3S. The number of nitrogens with two attached hydrogens (primary N) is 1. The van der Waals surface area contributed by atoms with E-state index in [1.165, 1.54) is 22.7 Å². The molecule has 0 aliphatic carbocycles. The number of aryl methyl sites for hydroxylation is 1. The van der Waals surface area contributed by atoms with E-state index in [9.17, 15) is 0 Å². The first kappa shape index (κ1) is 18.6. The molecule has 0 aliphatic rings. The molecule has 122 valence electrons. The van der Waals surface area contributed by atoms with Gasteiger partial charge in [0.25, 0.3) is 0 Å². The summed E-state index contributed by atoms with van der Waals surface area (Å²) >= 11 is 1.88. The maximum atomic E-state index is 6.29. The van der Waals surface area contributed by atoms with Crippen LogP contribution in [0.15, 0.2) is 12.1 Å². The maximum Gasteiger partial charge on any atom is 0.0590 e. The lowest BCUT2D eigenvalue weighted by atomic mass is 10.1. The van der Waals surface area contributed by atoms with Crippen LogP contribution in [0.2, 0.25) is 0 Å². The average Bonchev–Trinajstić information content (AvgIpc) is 2.87. The van der Waals surface area contributed by atoms with Crippen LogP contribution in [0.25, 0.3) is 0 Å². The minimum absolute atomic E-state index is 0.163. The Morgan fingerprint density at radius 3 is 2.19 bits per heavy atom. The van der Waals surface area contributed by atoms with E-state index in [2.05, 4.69) is 56.6 Å². The van der Waals surface area contributed by atoms with E-state index in [0.29, 0.717) is 6.04 Å². The molecule has 0 spiro atoms. The molecule has 0 saturated heterocycles. The molecule has 2 N–H and O–H groups in total. The molecule has 1 aromatic heterocycles. The van der Waals surface area contributed by atoms with Crippen LogP contribution >= 0.6 is 11.3 Å². The summed E-state index contributed by atoms with van der Waals surface area (Å²) in [5.74, 6) is 0. The predicted molar refractivity (Wildman–Crippen MR) is 95.1 cm³/mol. The summed E-state index contributed by atoms with van der Waals surface area (Å²) in [6.45, 7) is 16.7. The molecule has 2 atom stereocenters. The number of nitrogens with zero attached hydrogens (tertiary/aromatic N) is 2. The Kier molecular flexibility index (Phi) is 8.49. The second-order valence-corrected chi connectivity index (χ2v) is 7.08. The summed E-state index contributed by atoms with van der Waals surface area (Å²) in [7, 11) is 0. The summed E-state index contributed by atoms with van der Waals surface area (Å²) in [6.07, 6.45) is 1.21. The Bertz CT molecular complexity index is 385. The minimum atomic E-state index is 0.163. The summed E-state index contributed by atoms with van der Waals surface area (Å²) in [5.41, 5.74) is 6.29. The largest absolute Gasteiger partial charge is 0.326 e. The Morgan fingerprint density at radius 1 is 1.10 bits per heavy atom. The van der Waals surface area contributed by atoms with Crippen molar-refractivity contribution in [3.63, 3.8) is 0 Å². The van der Waals surface area contributed by atoms with Crippen LogP contribution in [-0.2, 0) is 0 Å². The molecule has 21 heavy (non-hydrogen) atoms. The van der Waals surface area contributed by atoms with Crippen LogP contribution in [-0.4, -0.2) is 48.6 Å². The molecule has 2 unspecified atom stereocenters. The zero-order valence-corrected chi connectivity index (χ0v) is 15.2. The van der Waals surface area contributed by atoms with E-state index < -0.39 is 0 Å². The molecule has 4 heteroatoms. The summed E-state index contributed by atoms with van der Waals surface area (Å²) < 4.78 is 0. The number of hydrogen-bond donors (Lipinski definition) is 1. The third-order valence-corrected chi connectivity index (χ3v) is 5.24. The molecule has 0 amide bonds. The van der Waals surface area contributed by atoms with E-state index in [-0.39, 0.29) is 6.04 Å². The van der Waals surface area contributed by atoms with Gasteiger partial charge in [-0.3, -0.25) is 4.90 Å². The quantitative estimate of drug-likeness (QED) is 0.718. The molecule has 1 rings (SSSR count). The molecular weight excluding hydrogens is 278 g/mol. The highest BCUT2D eigenvalue weighted by molar-refractivity contribution is 7.12. The van der Waals surface area contributed by atoms with Gasteiger partial charge in [0.1, 0.15) is 0 Å². The highest BCUT2D eigenvalue weighted by Crippen LogP contribution is 2.29. The molecule has 0 radical (unpaired) electrons. The van der Waals surface area contributed by atoms with Crippen LogP contribution in [0.5, 0.6) is 0 Å². The summed E-state index contributed by atoms with van der Waals surface area (Å²) in [6, 6.07) is 4.97. The van der Waals surface area contributed by atoms with Gasteiger partial charge in [0.2, 0.25) is 0 Å². The van der Waals surface area contributed by atoms with E-state index in [1.54, 1.807) is 0 Å².